The van der Waals surface area contributed by atoms with E-state index < -0.39 is 10.0 Å². The van der Waals surface area contributed by atoms with Crippen LogP contribution in [0, 0.1) is 0 Å². The van der Waals surface area contributed by atoms with Crippen LogP contribution in [0.4, 0.5) is 10.8 Å². The average molecular weight is 453 g/mol. The maximum absolute atomic E-state index is 12.4. The summed E-state index contributed by atoms with van der Waals surface area (Å²) < 4.78 is 27.0. The molecule has 7 nitrogen and oxygen atoms in total. The first-order valence-electron chi connectivity index (χ1n) is 9.42. The third-order valence-electron chi connectivity index (χ3n) is 4.44. The molecular weight excluding hydrogens is 432 g/mol. The first-order valence-corrected chi connectivity index (χ1v) is 12.2. The Morgan fingerprint density at radius 1 is 1.03 bits per heavy atom. The Hall–Kier alpha value is -3.43. The highest BCUT2D eigenvalue weighted by molar-refractivity contribution is 7.92. The molecule has 0 aliphatic carbocycles. The second-order valence-electron chi connectivity index (χ2n) is 6.97. The summed E-state index contributed by atoms with van der Waals surface area (Å²) in [7, 11) is -3.32. The molecule has 0 unspecified atom stereocenters. The highest BCUT2D eigenvalue weighted by Gasteiger charge is 2.10. The van der Waals surface area contributed by atoms with Crippen LogP contribution in [-0.2, 0) is 21.2 Å². The van der Waals surface area contributed by atoms with Crippen LogP contribution in [0.1, 0.15) is 5.56 Å². The van der Waals surface area contributed by atoms with Gasteiger partial charge in [-0.2, -0.15) is 0 Å². The van der Waals surface area contributed by atoms with Gasteiger partial charge in [0.15, 0.2) is 5.13 Å². The zero-order valence-electron chi connectivity index (χ0n) is 16.6. The minimum atomic E-state index is -3.32. The second kappa shape index (κ2) is 8.75. The number of nitrogens with zero attached hydrogens (tertiary/aromatic N) is 2. The number of anilines is 2. The van der Waals surface area contributed by atoms with Crippen LogP contribution >= 0.6 is 11.3 Å². The Labute approximate surface area is 184 Å². The van der Waals surface area contributed by atoms with Gasteiger partial charge in [0.1, 0.15) is 0 Å². The molecule has 4 aromatic rings. The van der Waals surface area contributed by atoms with Gasteiger partial charge in [0, 0.05) is 34.7 Å². The number of benzene rings is 2. The Balaban J connectivity index is 1.36. The number of aromatic nitrogens is 2. The molecule has 158 valence electrons. The zero-order valence-corrected chi connectivity index (χ0v) is 18.3. The summed E-state index contributed by atoms with van der Waals surface area (Å²) in [6.45, 7) is 0. The summed E-state index contributed by atoms with van der Waals surface area (Å²) in [6, 6.07) is 18.7. The molecule has 0 saturated heterocycles. The van der Waals surface area contributed by atoms with Crippen molar-refractivity contribution in [3.05, 3.63) is 84.0 Å². The van der Waals surface area contributed by atoms with Gasteiger partial charge < -0.3 is 9.88 Å². The molecule has 2 aromatic heterocycles. The van der Waals surface area contributed by atoms with E-state index in [1.54, 1.807) is 24.3 Å². The summed E-state index contributed by atoms with van der Waals surface area (Å²) in [5, 5.41) is 5.20. The predicted octanol–water partition coefficient (Wildman–Crippen LogP) is 4.15. The highest BCUT2D eigenvalue weighted by atomic mass is 32.2. The van der Waals surface area contributed by atoms with E-state index in [1.807, 2.05) is 58.7 Å². The lowest BCUT2D eigenvalue weighted by molar-refractivity contribution is -0.115. The summed E-state index contributed by atoms with van der Waals surface area (Å²) in [5.74, 6) is -0.137. The van der Waals surface area contributed by atoms with Crippen molar-refractivity contribution >= 4 is 38.1 Å². The van der Waals surface area contributed by atoms with Crippen LogP contribution in [0.5, 0.6) is 0 Å². The lowest BCUT2D eigenvalue weighted by Gasteiger charge is -2.06. The van der Waals surface area contributed by atoms with Gasteiger partial charge in [-0.1, -0.05) is 24.3 Å². The number of carbonyl (C=O) groups is 1. The molecule has 0 aliphatic rings. The van der Waals surface area contributed by atoms with Crippen molar-refractivity contribution in [2.75, 3.05) is 16.3 Å². The Morgan fingerprint density at radius 2 is 1.71 bits per heavy atom. The van der Waals surface area contributed by atoms with Gasteiger partial charge in [0.25, 0.3) is 0 Å². The fourth-order valence-corrected chi connectivity index (χ4v) is 4.33. The molecule has 9 heteroatoms. The Bertz CT molecular complexity index is 1280. The van der Waals surface area contributed by atoms with Crippen LogP contribution in [0.2, 0.25) is 0 Å². The van der Waals surface area contributed by atoms with E-state index in [0.717, 1.165) is 23.1 Å². The van der Waals surface area contributed by atoms with Gasteiger partial charge in [-0.25, -0.2) is 13.4 Å². The van der Waals surface area contributed by atoms with Crippen LogP contribution in [0.25, 0.3) is 16.9 Å². The molecule has 0 saturated carbocycles. The van der Waals surface area contributed by atoms with E-state index in [9.17, 15) is 13.2 Å². The number of hydrogen-bond donors (Lipinski definition) is 2. The molecule has 0 radical (unpaired) electrons. The molecule has 1 amide bonds. The number of rotatable bonds is 7. The minimum absolute atomic E-state index is 0.137. The summed E-state index contributed by atoms with van der Waals surface area (Å²) in [6.07, 6.45) is 5.30. The summed E-state index contributed by atoms with van der Waals surface area (Å²) in [4.78, 5) is 16.9. The lowest BCUT2D eigenvalue weighted by atomic mass is 10.1. The predicted molar refractivity (Wildman–Crippen MR) is 124 cm³/mol. The smallest absolute Gasteiger partial charge is 0.230 e. The summed E-state index contributed by atoms with van der Waals surface area (Å²) in [5.41, 5.74) is 3.98. The number of carbonyl (C=O) groups excluding carboxylic acids is 1. The van der Waals surface area contributed by atoms with Crippen molar-refractivity contribution in [3.8, 4) is 16.9 Å². The topological polar surface area (TPSA) is 93.1 Å². The molecule has 2 aromatic carbocycles. The molecule has 31 heavy (non-hydrogen) atoms. The maximum Gasteiger partial charge on any atom is 0.230 e. The number of nitrogens with one attached hydrogen (secondary N) is 2. The van der Waals surface area contributed by atoms with Gasteiger partial charge in [0.2, 0.25) is 15.9 Å². The highest BCUT2D eigenvalue weighted by Crippen LogP contribution is 2.26. The molecule has 4 rings (SSSR count). The van der Waals surface area contributed by atoms with Crippen LogP contribution in [-0.4, -0.2) is 30.1 Å². The lowest BCUT2D eigenvalue weighted by Crippen LogP contribution is -2.14. The minimum Gasteiger partial charge on any atom is -0.324 e. The van der Waals surface area contributed by atoms with E-state index in [0.29, 0.717) is 16.5 Å². The Morgan fingerprint density at radius 3 is 2.35 bits per heavy atom. The standard InChI is InChI=1S/C22H20N4O3S2/c1-31(28,29)25-18-8-6-17(7-9-18)20-15-30-22(23-20)24-21(27)14-16-4-10-19(11-5-16)26-12-2-3-13-26/h2-13,15,25H,14H2,1H3,(H,23,24,27). The van der Waals surface area contributed by atoms with E-state index in [1.165, 1.54) is 11.3 Å². The fraction of sp³-hybridized carbons (Fsp3) is 0.0909. The first-order chi connectivity index (χ1) is 14.9. The number of sulfonamides is 1. The van der Waals surface area contributed by atoms with Crippen molar-refractivity contribution < 1.29 is 13.2 Å². The molecule has 0 spiro atoms. The maximum atomic E-state index is 12.4. The van der Waals surface area contributed by atoms with E-state index in [4.69, 9.17) is 0 Å². The third-order valence-corrected chi connectivity index (χ3v) is 5.80. The van der Waals surface area contributed by atoms with Crippen LogP contribution < -0.4 is 10.0 Å². The molecule has 0 atom stereocenters. The average Bonchev–Trinajstić information content (AvgIpc) is 3.40. The van der Waals surface area contributed by atoms with Crippen molar-refractivity contribution in [1.82, 2.24) is 9.55 Å². The number of hydrogen-bond acceptors (Lipinski definition) is 5. The number of thiazole rings is 1. The van der Waals surface area contributed by atoms with Gasteiger partial charge in [-0.15, -0.1) is 11.3 Å². The second-order valence-corrected chi connectivity index (χ2v) is 9.58. The largest absolute Gasteiger partial charge is 0.324 e. The van der Waals surface area contributed by atoms with Crippen molar-refractivity contribution in [1.29, 1.82) is 0 Å². The monoisotopic (exact) mass is 452 g/mol. The fourth-order valence-electron chi connectivity index (χ4n) is 3.03. The third kappa shape index (κ3) is 5.59. The van der Waals surface area contributed by atoms with Gasteiger partial charge >= 0.3 is 0 Å². The molecular formula is C22H20N4O3S2. The van der Waals surface area contributed by atoms with Crippen molar-refractivity contribution in [2.45, 2.75) is 6.42 Å². The normalized spacial score (nSPS) is 11.3. The van der Waals surface area contributed by atoms with E-state index in [-0.39, 0.29) is 12.3 Å². The zero-order chi connectivity index (χ0) is 21.8. The molecule has 0 fully saturated rings. The van der Waals surface area contributed by atoms with Crippen molar-refractivity contribution in [2.24, 2.45) is 0 Å². The van der Waals surface area contributed by atoms with Crippen LogP contribution in [0.3, 0.4) is 0 Å². The molecule has 0 aliphatic heterocycles. The quantitative estimate of drug-likeness (QED) is 0.440. The molecule has 0 bridgehead atoms. The van der Waals surface area contributed by atoms with Gasteiger partial charge in [-0.05, 0) is 42.0 Å². The van der Waals surface area contributed by atoms with Gasteiger partial charge in [-0.3, -0.25) is 9.52 Å². The molecule has 2 heterocycles. The first kappa shape index (κ1) is 20.8. The number of amides is 1. The van der Waals surface area contributed by atoms with Gasteiger partial charge in [0.05, 0.1) is 18.4 Å². The van der Waals surface area contributed by atoms with Crippen LogP contribution in [0.15, 0.2) is 78.4 Å². The van der Waals surface area contributed by atoms with E-state index in [2.05, 4.69) is 15.0 Å². The Kier molecular flexibility index (Phi) is 5.88. The van der Waals surface area contributed by atoms with Crippen molar-refractivity contribution in [3.63, 3.8) is 0 Å². The van der Waals surface area contributed by atoms with E-state index >= 15 is 0 Å². The summed E-state index contributed by atoms with van der Waals surface area (Å²) >= 11 is 1.34. The molecule has 2 N–H and O–H groups in total. The SMILES string of the molecule is CS(=O)(=O)Nc1ccc(-c2csc(NC(=O)Cc3ccc(-n4cccc4)cc3)n2)cc1.